The highest BCUT2D eigenvalue weighted by Crippen LogP contribution is 2.38. The zero-order valence-corrected chi connectivity index (χ0v) is 17.2. The van der Waals surface area contributed by atoms with E-state index < -0.39 is 33.5 Å². The first-order valence-electron chi connectivity index (χ1n) is 8.98. The maximum atomic E-state index is 12.9. The van der Waals surface area contributed by atoms with E-state index in [-0.39, 0.29) is 29.6 Å². The Kier molecular flexibility index (Phi) is 6.84. The third kappa shape index (κ3) is 5.26. The van der Waals surface area contributed by atoms with E-state index in [1.54, 1.807) is 6.07 Å². The van der Waals surface area contributed by atoms with Gasteiger partial charge in [0.15, 0.2) is 0 Å². The van der Waals surface area contributed by atoms with Crippen LogP contribution in [0.25, 0.3) is 6.08 Å². The van der Waals surface area contributed by atoms with Crippen LogP contribution in [0.1, 0.15) is 11.1 Å². The molecule has 8 nitrogen and oxygen atoms in total. The quantitative estimate of drug-likeness (QED) is 0.317. The number of carbonyl (C=O) groups excluding carboxylic acids is 2. The molecule has 3 rings (SSSR count). The predicted octanol–water partition coefficient (Wildman–Crippen LogP) is 5.09. The van der Waals surface area contributed by atoms with Crippen molar-refractivity contribution < 1.29 is 37.2 Å². The minimum atomic E-state index is -4.74. The number of halogens is 3. The number of thioether (sulfide) groups is 1. The molecular weight excluding hydrogens is 453 g/mol. The Bertz CT molecular complexity index is 1100. The molecule has 2 aromatic carbocycles. The summed E-state index contributed by atoms with van der Waals surface area (Å²) in [5, 5.41) is 10.8. The number of nitro benzene ring substituents is 1. The number of hydrogen-bond donors (Lipinski definition) is 0. The highest BCUT2D eigenvalue weighted by molar-refractivity contribution is 8.18. The van der Waals surface area contributed by atoms with Crippen LogP contribution in [0.4, 0.5) is 23.7 Å². The SMILES string of the molecule is COCCN1C(=O)S/C(=C/c2cccc(Oc3ccc(C(F)(F)F)cc3[N+](=O)[O-])c2)C1=O. The van der Waals surface area contributed by atoms with Gasteiger partial charge in [0.2, 0.25) is 5.75 Å². The number of carbonyl (C=O) groups is 2. The molecule has 0 N–H and O–H groups in total. The van der Waals surface area contributed by atoms with E-state index in [0.29, 0.717) is 17.7 Å². The molecule has 0 saturated carbocycles. The molecule has 1 heterocycles. The standard InChI is InChI=1S/C20H15F3N2O6S/c1-30-8-7-24-18(26)17(32-19(24)27)10-12-3-2-4-14(9-12)31-16-6-5-13(20(21,22)23)11-15(16)25(28)29/h2-6,9-11H,7-8H2,1H3/b17-10+. The van der Waals surface area contributed by atoms with Gasteiger partial charge in [0.05, 0.1) is 28.5 Å². The van der Waals surface area contributed by atoms with Crippen LogP contribution < -0.4 is 4.74 Å². The number of nitro groups is 1. The van der Waals surface area contributed by atoms with Crippen molar-refractivity contribution in [3.8, 4) is 11.5 Å². The Labute approximate surface area is 183 Å². The summed E-state index contributed by atoms with van der Waals surface area (Å²) in [7, 11) is 1.45. The second-order valence-corrected chi connectivity index (χ2v) is 7.43. The molecule has 0 atom stereocenters. The molecule has 1 saturated heterocycles. The van der Waals surface area contributed by atoms with Crippen LogP contribution in [0, 0.1) is 10.1 Å². The van der Waals surface area contributed by atoms with Crippen LogP contribution in [-0.4, -0.2) is 41.2 Å². The number of alkyl halides is 3. The molecule has 1 aliphatic rings. The van der Waals surface area contributed by atoms with E-state index in [4.69, 9.17) is 9.47 Å². The number of ether oxygens (including phenoxy) is 2. The Hall–Kier alpha value is -3.38. The van der Waals surface area contributed by atoms with Crippen molar-refractivity contribution in [2.75, 3.05) is 20.3 Å². The van der Waals surface area contributed by atoms with Crippen LogP contribution in [0.5, 0.6) is 11.5 Å². The summed E-state index contributed by atoms with van der Waals surface area (Å²) in [5.74, 6) is -0.762. The lowest BCUT2D eigenvalue weighted by molar-refractivity contribution is -0.385. The summed E-state index contributed by atoms with van der Waals surface area (Å²) >= 11 is 0.753. The highest BCUT2D eigenvalue weighted by Gasteiger charge is 2.35. The number of rotatable bonds is 7. The van der Waals surface area contributed by atoms with Gasteiger partial charge in [-0.05, 0) is 47.7 Å². The topological polar surface area (TPSA) is 99.0 Å². The lowest BCUT2D eigenvalue weighted by atomic mass is 10.1. The number of amides is 2. The van der Waals surface area contributed by atoms with E-state index in [9.17, 15) is 32.9 Å². The molecule has 2 amide bonds. The molecule has 0 aromatic heterocycles. The molecule has 0 unspecified atom stereocenters. The Morgan fingerprint density at radius 1 is 1.19 bits per heavy atom. The minimum absolute atomic E-state index is 0.0974. The van der Waals surface area contributed by atoms with Crippen LogP contribution in [0.3, 0.4) is 0 Å². The maximum Gasteiger partial charge on any atom is 0.416 e. The van der Waals surface area contributed by atoms with E-state index in [1.165, 1.54) is 31.4 Å². The molecule has 168 valence electrons. The van der Waals surface area contributed by atoms with Crippen molar-refractivity contribution in [1.29, 1.82) is 0 Å². The van der Waals surface area contributed by atoms with Crippen LogP contribution in [0.2, 0.25) is 0 Å². The largest absolute Gasteiger partial charge is 0.450 e. The van der Waals surface area contributed by atoms with Crippen LogP contribution in [-0.2, 0) is 15.7 Å². The Morgan fingerprint density at radius 3 is 2.59 bits per heavy atom. The van der Waals surface area contributed by atoms with Crippen molar-refractivity contribution in [2.45, 2.75) is 6.18 Å². The van der Waals surface area contributed by atoms with Gasteiger partial charge in [-0.1, -0.05) is 12.1 Å². The van der Waals surface area contributed by atoms with E-state index >= 15 is 0 Å². The molecule has 1 aliphatic heterocycles. The van der Waals surface area contributed by atoms with Crippen LogP contribution in [0.15, 0.2) is 47.4 Å². The van der Waals surface area contributed by atoms with Crippen LogP contribution >= 0.6 is 11.8 Å². The fraction of sp³-hybridized carbons (Fsp3) is 0.200. The Morgan fingerprint density at radius 2 is 1.94 bits per heavy atom. The van der Waals surface area contributed by atoms with Crippen molar-refractivity contribution in [1.82, 2.24) is 4.90 Å². The fourth-order valence-electron chi connectivity index (χ4n) is 2.74. The van der Waals surface area contributed by atoms with Gasteiger partial charge in [0.1, 0.15) is 5.75 Å². The van der Waals surface area contributed by atoms with Gasteiger partial charge in [-0.25, -0.2) is 0 Å². The van der Waals surface area contributed by atoms with Crippen molar-refractivity contribution in [2.24, 2.45) is 0 Å². The van der Waals surface area contributed by atoms with Gasteiger partial charge >= 0.3 is 11.9 Å². The zero-order valence-electron chi connectivity index (χ0n) is 16.4. The summed E-state index contributed by atoms with van der Waals surface area (Å²) in [6.07, 6.45) is -3.29. The first-order valence-corrected chi connectivity index (χ1v) is 9.79. The molecule has 0 aliphatic carbocycles. The number of benzene rings is 2. The first kappa shape index (κ1) is 23.3. The fourth-order valence-corrected chi connectivity index (χ4v) is 3.61. The summed E-state index contributed by atoms with van der Waals surface area (Å²) < 4.78 is 48.9. The van der Waals surface area contributed by atoms with E-state index in [2.05, 4.69) is 0 Å². The number of hydrogen-bond acceptors (Lipinski definition) is 7. The van der Waals surface area contributed by atoms with E-state index in [0.717, 1.165) is 22.7 Å². The summed E-state index contributed by atoms with van der Waals surface area (Å²) in [4.78, 5) is 35.9. The summed E-state index contributed by atoms with van der Waals surface area (Å²) in [6, 6.07) is 7.98. The third-order valence-corrected chi connectivity index (χ3v) is 5.17. The third-order valence-electron chi connectivity index (χ3n) is 4.26. The minimum Gasteiger partial charge on any atom is -0.450 e. The van der Waals surface area contributed by atoms with Gasteiger partial charge in [-0.15, -0.1) is 0 Å². The number of nitrogens with zero attached hydrogens (tertiary/aromatic N) is 2. The normalized spacial score (nSPS) is 15.5. The smallest absolute Gasteiger partial charge is 0.416 e. The van der Waals surface area contributed by atoms with Gasteiger partial charge < -0.3 is 9.47 Å². The second-order valence-electron chi connectivity index (χ2n) is 6.44. The molecule has 2 aromatic rings. The van der Waals surface area contributed by atoms with Gasteiger partial charge in [-0.2, -0.15) is 13.2 Å². The average molecular weight is 468 g/mol. The molecule has 0 radical (unpaired) electrons. The second kappa shape index (κ2) is 9.40. The maximum absolute atomic E-state index is 12.9. The van der Waals surface area contributed by atoms with E-state index in [1.807, 2.05) is 0 Å². The highest BCUT2D eigenvalue weighted by atomic mass is 32.2. The molecule has 0 spiro atoms. The summed E-state index contributed by atoms with van der Waals surface area (Å²) in [6.45, 7) is 0.305. The van der Waals surface area contributed by atoms with Crippen molar-refractivity contribution >= 4 is 34.7 Å². The van der Waals surface area contributed by atoms with Gasteiger partial charge in [0, 0.05) is 13.2 Å². The molecule has 12 heteroatoms. The molecule has 32 heavy (non-hydrogen) atoms. The number of imide groups is 1. The van der Waals surface area contributed by atoms with Crippen molar-refractivity contribution in [3.05, 3.63) is 68.6 Å². The first-order chi connectivity index (χ1) is 15.1. The Balaban J connectivity index is 1.85. The monoisotopic (exact) mass is 468 g/mol. The van der Waals surface area contributed by atoms with Crippen molar-refractivity contribution in [3.63, 3.8) is 0 Å². The predicted molar refractivity (Wildman–Crippen MR) is 109 cm³/mol. The average Bonchev–Trinajstić information content (AvgIpc) is 2.98. The van der Waals surface area contributed by atoms with Gasteiger partial charge in [0.25, 0.3) is 11.1 Å². The zero-order chi connectivity index (χ0) is 23.5. The summed E-state index contributed by atoms with van der Waals surface area (Å²) in [5.41, 5.74) is -1.56. The lowest BCUT2D eigenvalue weighted by Gasteiger charge is -2.11. The molecular formula is C20H15F3N2O6S. The number of methoxy groups -OCH3 is 1. The molecule has 0 bridgehead atoms. The molecule has 1 fully saturated rings. The van der Waals surface area contributed by atoms with Gasteiger partial charge in [-0.3, -0.25) is 24.6 Å². The lowest BCUT2D eigenvalue weighted by Crippen LogP contribution is -2.31.